The molecule has 4 aliphatic carbocycles. The van der Waals surface area contributed by atoms with Crippen molar-refractivity contribution in [3.05, 3.63) is 0 Å². The lowest BCUT2D eigenvalue weighted by atomic mass is 9.50. The van der Waals surface area contributed by atoms with Gasteiger partial charge in [-0.25, -0.2) is 0 Å². The zero-order valence-corrected chi connectivity index (χ0v) is 12.7. The number of hydrogen-bond donors (Lipinski definition) is 1. The fourth-order valence-electron chi connectivity index (χ4n) is 6.61. The Kier molecular flexibility index (Phi) is 3.03. The molecule has 0 aromatic carbocycles. The predicted molar refractivity (Wildman–Crippen MR) is 78.1 cm³/mol. The van der Waals surface area contributed by atoms with Crippen LogP contribution in [0.2, 0.25) is 0 Å². The van der Waals surface area contributed by atoms with Gasteiger partial charge in [-0.05, 0) is 80.0 Å². The zero-order valence-electron chi connectivity index (χ0n) is 12.7. The maximum absolute atomic E-state index is 12.0. The van der Waals surface area contributed by atoms with Gasteiger partial charge in [-0.1, -0.05) is 6.92 Å². The van der Waals surface area contributed by atoms with Crippen molar-refractivity contribution >= 4 is 5.78 Å². The normalized spacial score (nSPS) is 55.0. The number of aliphatic hydroxyl groups is 1. The van der Waals surface area contributed by atoms with Gasteiger partial charge in [0.05, 0.1) is 6.10 Å². The van der Waals surface area contributed by atoms with Gasteiger partial charge >= 0.3 is 0 Å². The van der Waals surface area contributed by atoms with Crippen LogP contribution in [0.25, 0.3) is 0 Å². The largest absolute Gasteiger partial charge is 0.393 e. The molecule has 7 atom stereocenters. The quantitative estimate of drug-likeness (QED) is 0.734. The second-order valence-corrected chi connectivity index (χ2v) is 8.51. The topological polar surface area (TPSA) is 37.3 Å². The van der Waals surface area contributed by atoms with Crippen molar-refractivity contribution in [2.24, 2.45) is 35.0 Å². The Balaban J connectivity index is 1.57. The van der Waals surface area contributed by atoms with Crippen LogP contribution >= 0.6 is 0 Å². The van der Waals surface area contributed by atoms with Crippen molar-refractivity contribution in [2.75, 3.05) is 0 Å². The van der Waals surface area contributed by atoms with Crippen molar-refractivity contribution in [3.8, 4) is 0 Å². The van der Waals surface area contributed by atoms with E-state index in [1.54, 1.807) is 0 Å². The van der Waals surface area contributed by atoms with Gasteiger partial charge in [-0.3, -0.25) is 4.79 Å². The summed E-state index contributed by atoms with van der Waals surface area (Å²) >= 11 is 0. The van der Waals surface area contributed by atoms with E-state index in [2.05, 4.69) is 6.92 Å². The molecule has 0 bridgehead atoms. The van der Waals surface area contributed by atoms with Gasteiger partial charge in [0.15, 0.2) is 0 Å². The average molecular weight is 276 g/mol. The van der Waals surface area contributed by atoms with Gasteiger partial charge in [0.25, 0.3) is 0 Å². The van der Waals surface area contributed by atoms with Gasteiger partial charge in [-0.2, -0.15) is 0 Å². The number of carbonyl (C=O) groups is 1. The molecule has 4 rings (SSSR count). The fourth-order valence-corrected chi connectivity index (χ4v) is 6.61. The highest BCUT2D eigenvalue weighted by molar-refractivity contribution is 5.82. The van der Waals surface area contributed by atoms with Crippen LogP contribution in [0.5, 0.6) is 0 Å². The number of fused-ring (bicyclic) bond motifs is 5. The molecule has 2 unspecified atom stereocenters. The summed E-state index contributed by atoms with van der Waals surface area (Å²) in [5.74, 6) is 4.53. The van der Waals surface area contributed by atoms with Crippen molar-refractivity contribution in [1.29, 1.82) is 0 Å². The lowest BCUT2D eigenvalue weighted by Crippen LogP contribution is -2.47. The SMILES string of the molecule is C[C@@]12CC[C@@H]3[C@H](CCC4CC(O)CC[C@H]43)[C@H]1CC(=O)C2. The molecule has 2 heteroatoms. The van der Waals surface area contributed by atoms with E-state index in [0.29, 0.717) is 17.1 Å². The lowest BCUT2D eigenvalue weighted by Gasteiger charge is -2.54. The van der Waals surface area contributed by atoms with E-state index in [9.17, 15) is 9.90 Å². The second kappa shape index (κ2) is 4.56. The van der Waals surface area contributed by atoms with E-state index in [4.69, 9.17) is 0 Å². The van der Waals surface area contributed by atoms with Crippen LogP contribution in [0, 0.1) is 35.0 Å². The van der Waals surface area contributed by atoms with Crippen LogP contribution in [0.4, 0.5) is 0 Å². The summed E-state index contributed by atoms with van der Waals surface area (Å²) in [6, 6.07) is 0. The second-order valence-electron chi connectivity index (χ2n) is 8.51. The fraction of sp³-hybridized carbons (Fsp3) is 0.944. The molecule has 0 aromatic rings. The first-order chi connectivity index (χ1) is 9.57. The number of aliphatic hydroxyl groups excluding tert-OH is 1. The first-order valence-electron chi connectivity index (χ1n) is 8.76. The smallest absolute Gasteiger partial charge is 0.133 e. The molecule has 4 saturated carbocycles. The molecule has 20 heavy (non-hydrogen) atoms. The molecule has 0 spiro atoms. The molecule has 112 valence electrons. The first-order valence-corrected chi connectivity index (χ1v) is 8.76. The molecule has 4 fully saturated rings. The minimum Gasteiger partial charge on any atom is -0.393 e. The molecule has 2 nitrogen and oxygen atoms in total. The number of rotatable bonds is 0. The first kappa shape index (κ1) is 13.3. The van der Waals surface area contributed by atoms with E-state index >= 15 is 0 Å². The summed E-state index contributed by atoms with van der Waals surface area (Å²) in [4.78, 5) is 12.0. The summed E-state index contributed by atoms with van der Waals surface area (Å²) in [6.45, 7) is 2.38. The van der Waals surface area contributed by atoms with Gasteiger partial charge in [0.2, 0.25) is 0 Å². The Morgan fingerprint density at radius 1 is 1.05 bits per heavy atom. The van der Waals surface area contributed by atoms with Crippen molar-refractivity contribution in [1.82, 2.24) is 0 Å². The molecule has 0 aromatic heterocycles. The van der Waals surface area contributed by atoms with E-state index in [1.165, 1.54) is 32.1 Å². The van der Waals surface area contributed by atoms with Crippen molar-refractivity contribution < 1.29 is 9.90 Å². The van der Waals surface area contributed by atoms with Gasteiger partial charge in [0, 0.05) is 12.8 Å². The monoisotopic (exact) mass is 276 g/mol. The minimum atomic E-state index is -0.0327. The van der Waals surface area contributed by atoms with Crippen LogP contribution in [-0.4, -0.2) is 17.0 Å². The summed E-state index contributed by atoms with van der Waals surface area (Å²) in [5.41, 5.74) is 0.333. The highest BCUT2D eigenvalue weighted by Crippen LogP contribution is 2.61. The molecule has 0 radical (unpaired) electrons. The third kappa shape index (κ3) is 1.90. The minimum absolute atomic E-state index is 0.0327. The van der Waals surface area contributed by atoms with Gasteiger partial charge in [0.1, 0.15) is 5.78 Å². The third-order valence-corrected chi connectivity index (χ3v) is 7.49. The maximum atomic E-state index is 12.0. The van der Waals surface area contributed by atoms with Crippen LogP contribution in [0.15, 0.2) is 0 Å². The van der Waals surface area contributed by atoms with Crippen LogP contribution in [0.3, 0.4) is 0 Å². The Hall–Kier alpha value is -0.370. The molecular weight excluding hydrogens is 248 g/mol. The summed E-state index contributed by atoms with van der Waals surface area (Å²) < 4.78 is 0. The Morgan fingerprint density at radius 3 is 2.70 bits per heavy atom. The molecule has 0 amide bonds. The Morgan fingerprint density at radius 2 is 1.85 bits per heavy atom. The van der Waals surface area contributed by atoms with Crippen molar-refractivity contribution in [2.45, 2.75) is 70.8 Å². The molecule has 0 saturated heterocycles. The maximum Gasteiger partial charge on any atom is 0.133 e. The van der Waals surface area contributed by atoms with Crippen LogP contribution in [0.1, 0.15) is 64.7 Å². The molecule has 0 heterocycles. The zero-order chi connectivity index (χ0) is 13.9. The highest BCUT2D eigenvalue weighted by atomic mass is 16.3. The molecule has 1 N–H and O–H groups in total. The van der Waals surface area contributed by atoms with Gasteiger partial charge < -0.3 is 5.11 Å². The third-order valence-electron chi connectivity index (χ3n) is 7.49. The van der Waals surface area contributed by atoms with Crippen molar-refractivity contribution in [3.63, 3.8) is 0 Å². The lowest BCUT2D eigenvalue weighted by molar-refractivity contribution is -0.118. The van der Waals surface area contributed by atoms with Gasteiger partial charge in [-0.15, -0.1) is 0 Å². The standard InChI is InChI=1S/C18H28O2/c1-18-7-6-15-14-5-3-12(19)8-11(14)2-4-16(15)17(18)9-13(20)10-18/h11-12,14-17,19H,2-10H2,1H3/t11?,12?,14-,15+,16+,17-,18+/m1/s1. The molecule has 0 aliphatic heterocycles. The van der Waals surface area contributed by atoms with E-state index in [-0.39, 0.29) is 6.10 Å². The summed E-state index contributed by atoms with van der Waals surface area (Å²) in [6.07, 6.45) is 10.3. The Labute approximate surface area is 122 Å². The van der Waals surface area contributed by atoms with Crippen LogP contribution in [-0.2, 0) is 4.79 Å². The number of carbonyl (C=O) groups excluding carboxylic acids is 1. The summed E-state index contributed by atoms with van der Waals surface area (Å²) in [5, 5.41) is 9.93. The van der Waals surface area contributed by atoms with E-state index < -0.39 is 0 Å². The summed E-state index contributed by atoms with van der Waals surface area (Å²) in [7, 11) is 0. The van der Waals surface area contributed by atoms with E-state index in [0.717, 1.165) is 49.4 Å². The highest BCUT2D eigenvalue weighted by Gasteiger charge is 2.55. The average Bonchev–Trinajstić information content (AvgIpc) is 2.72. The molecular formula is C18H28O2. The Bertz CT molecular complexity index is 418. The number of hydrogen-bond acceptors (Lipinski definition) is 2. The van der Waals surface area contributed by atoms with Crippen LogP contribution < -0.4 is 0 Å². The molecule has 4 aliphatic rings. The van der Waals surface area contributed by atoms with E-state index in [1.807, 2.05) is 0 Å². The number of Topliss-reactive ketones (excluding diaryl/α,β-unsaturated/α-hetero) is 1. The predicted octanol–water partition coefficient (Wildman–Crippen LogP) is 3.57. The number of ketones is 1.